The molecule has 1 heterocycles. The predicted octanol–water partition coefficient (Wildman–Crippen LogP) is 5.29. The van der Waals surface area contributed by atoms with E-state index in [-0.39, 0.29) is 17.9 Å². The third-order valence-electron chi connectivity index (χ3n) is 4.75. The van der Waals surface area contributed by atoms with Gasteiger partial charge in [0, 0.05) is 6.08 Å². The smallest absolute Gasteiger partial charge is 0.336 e. The second-order valence-corrected chi connectivity index (χ2v) is 8.07. The Morgan fingerprint density at radius 3 is 2.56 bits per heavy atom. The van der Waals surface area contributed by atoms with Crippen LogP contribution in [-0.2, 0) is 16.1 Å². The minimum atomic E-state index is -0.596. The van der Waals surface area contributed by atoms with E-state index >= 15 is 0 Å². The molecule has 3 rings (SSSR count). The van der Waals surface area contributed by atoms with Gasteiger partial charge in [-0.3, -0.25) is 4.79 Å². The van der Waals surface area contributed by atoms with Gasteiger partial charge in [0.1, 0.15) is 23.2 Å². The van der Waals surface area contributed by atoms with Crippen molar-refractivity contribution in [3.8, 4) is 23.3 Å². The zero-order chi connectivity index (χ0) is 25.9. The second-order valence-electron chi connectivity index (χ2n) is 7.22. The highest BCUT2D eigenvalue weighted by molar-refractivity contribution is 9.10. The number of nitrogens with one attached hydrogen (secondary N) is 1. The van der Waals surface area contributed by atoms with E-state index < -0.39 is 11.9 Å². The van der Waals surface area contributed by atoms with Gasteiger partial charge in [0.15, 0.2) is 11.5 Å². The van der Waals surface area contributed by atoms with E-state index in [1.54, 1.807) is 62.6 Å². The largest absolute Gasteiger partial charge is 0.496 e. The molecular weight excluding hydrogens is 528 g/mol. The molecule has 1 N–H and O–H groups in total. The van der Waals surface area contributed by atoms with E-state index in [4.69, 9.17) is 18.6 Å². The standard InChI is InChI=1S/C27H23BrN2O6/c1-3-34-25-15-19(13-20(16-29)27(32)30-17-21-5-4-12-35-21)7-10-24(25)36-26(31)11-8-18-6-9-23(33-2)22(28)14-18/h4-15H,3,17H2,1-2H3,(H,30,32)/b11-8+,20-13+. The number of hydrogen-bond acceptors (Lipinski definition) is 7. The molecule has 0 saturated heterocycles. The normalized spacial score (nSPS) is 11.1. The molecule has 1 aromatic heterocycles. The molecular formula is C27H23BrN2O6. The summed E-state index contributed by atoms with van der Waals surface area (Å²) in [6.07, 6.45) is 5.84. The Morgan fingerprint density at radius 1 is 1.11 bits per heavy atom. The van der Waals surface area contributed by atoms with Gasteiger partial charge < -0.3 is 23.9 Å². The minimum Gasteiger partial charge on any atom is -0.496 e. The molecule has 0 bridgehead atoms. The molecule has 0 aliphatic carbocycles. The second kappa shape index (κ2) is 13.0. The van der Waals surface area contributed by atoms with Gasteiger partial charge in [0.25, 0.3) is 5.91 Å². The Balaban J connectivity index is 1.72. The highest BCUT2D eigenvalue weighted by atomic mass is 79.9. The molecule has 0 radical (unpaired) electrons. The van der Waals surface area contributed by atoms with E-state index in [1.807, 2.05) is 12.1 Å². The number of furan rings is 1. The number of carbonyl (C=O) groups is 2. The molecule has 0 saturated carbocycles. The van der Waals surface area contributed by atoms with Gasteiger partial charge in [-0.1, -0.05) is 12.1 Å². The molecule has 0 aliphatic rings. The van der Waals surface area contributed by atoms with Crippen molar-refractivity contribution in [3.05, 3.63) is 87.8 Å². The van der Waals surface area contributed by atoms with Crippen molar-refractivity contribution < 1.29 is 28.2 Å². The van der Waals surface area contributed by atoms with Crippen LogP contribution in [0.2, 0.25) is 0 Å². The van der Waals surface area contributed by atoms with Gasteiger partial charge in [-0.05, 0) is 82.5 Å². The summed E-state index contributed by atoms with van der Waals surface area (Å²) in [5, 5.41) is 12.1. The lowest BCUT2D eigenvalue weighted by atomic mass is 10.1. The maximum absolute atomic E-state index is 12.4. The summed E-state index contributed by atoms with van der Waals surface area (Å²) in [4.78, 5) is 24.8. The van der Waals surface area contributed by atoms with Crippen molar-refractivity contribution in [2.75, 3.05) is 13.7 Å². The Hall–Kier alpha value is -4.29. The molecule has 9 heteroatoms. The van der Waals surface area contributed by atoms with E-state index in [0.29, 0.717) is 29.4 Å². The van der Waals surface area contributed by atoms with Crippen LogP contribution >= 0.6 is 15.9 Å². The molecule has 0 unspecified atom stereocenters. The first kappa shape index (κ1) is 26.3. The third-order valence-corrected chi connectivity index (χ3v) is 5.36. The van der Waals surface area contributed by atoms with E-state index in [0.717, 1.165) is 10.0 Å². The van der Waals surface area contributed by atoms with Crippen LogP contribution in [0.5, 0.6) is 17.2 Å². The molecule has 8 nitrogen and oxygen atoms in total. The zero-order valence-electron chi connectivity index (χ0n) is 19.6. The van der Waals surface area contributed by atoms with Crippen LogP contribution in [0.25, 0.3) is 12.2 Å². The number of esters is 1. The van der Waals surface area contributed by atoms with Crippen molar-refractivity contribution in [2.24, 2.45) is 0 Å². The number of carbonyl (C=O) groups excluding carboxylic acids is 2. The van der Waals surface area contributed by atoms with E-state index in [2.05, 4.69) is 21.2 Å². The fourth-order valence-electron chi connectivity index (χ4n) is 3.05. The summed E-state index contributed by atoms with van der Waals surface area (Å²) < 4.78 is 22.2. The van der Waals surface area contributed by atoms with Gasteiger partial charge in [0.05, 0.1) is 31.0 Å². The highest BCUT2D eigenvalue weighted by Crippen LogP contribution is 2.30. The monoisotopic (exact) mass is 550 g/mol. The summed E-state index contributed by atoms with van der Waals surface area (Å²) in [5.74, 6) is 0.617. The SMILES string of the molecule is CCOc1cc(/C=C(\C#N)C(=O)NCc2ccco2)ccc1OC(=O)/C=C/c1ccc(OC)c(Br)c1. The maximum atomic E-state index is 12.4. The Labute approximate surface area is 216 Å². The topological polar surface area (TPSA) is 111 Å². The van der Waals surface area contributed by atoms with Crippen LogP contribution < -0.4 is 19.5 Å². The third kappa shape index (κ3) is 7.35. The van der Waals surface area contributed by atoms with Crippen LogP contribution in [0.15, 0.2) is 75.3 Å². The van der Waals surface area contributed by atoms with Crippen LogP contribution in [0, 0.1) is 11.3 Å². The highest BCUT2D eigenvalue weighted by Gasteiger charge is 2.13. The van der Waals surface area contributed by atoms with Crippen molar-refractivity contribution in [2.45, 2.75) is 13.5 Å². The van der Waals surface area contributed by atoms with Crippen LogP contribution in [0.3, 0.4) is 0 Å². The van der Waals surface area contributed by atoms with Crippen LogP contribution in [0.1, 0.15) is 23.8 Å². The van der Waals surface area contributed by atoms with Gasteiger partial charge in [-0.15, -0.1) is 0 Å². The number of amides is 1. The molecule has 3 aromatic rings. The lowest BCUT2D eigenvalue weighted by Crippen LogP contribution is -2.23. The Bertz CT molecular complexity index is 1320. The van der Waals surface area contributed by atoms with Gasteiger partial charge in [-0.25, -0.2) is 4.79 Å². The maximum Gasteiger partial charge on any atom is 0.336 e. The molecule has 0 spiro atoms. The van der Waals surface area contributed by atoms with E-state index in [1.165, 1.54) is 18.4 Å². The number of nitriles is 1. The van der Waals surface area contributed by atoms with Crippen molar-refractivity contribution >= 4 is 40.0 Å². The quantitative estimate of drug-likeness (QED) is 0.158. The first-order valence-corrected chi connectivity index (χ1v) is 11.7. The number of ether oxygens (including phenoxy) is 3. The molecule has 0 atom stereocenters. The van der Waals surface area contributed by atoms with Gasteiger partial charge in [0.2, 0.25) is 0 Å². The molecule has 0 aliphatic heterocycles. The molecule has 1 amide bonds. The summed E-state index contributed by atoms with van der Waals surface area (Å²) in [5.41, 5.74) is 1.21. The first-order chi connectivity index (χ1) is 17.4. The summed E-state index contributed by atoms with van der Waals surface area (Å²) in [7, 11) is 1.57. The number of rotatable bonds is 10. The molecule has 0 fully saturated rings. The fraction of sp³-hybridized carbons (Fsp3) is 0.148. The number of halogens is 1. The lowest BCUT2D eigenvalue weighted by Gasteiger charge is -2.11. The van der Waals surface area contributed by atoms with Gasteiger partial charge >= 0.3 is 5.97 Å². The van der Waals surface area contributed by atoms with Crippen molar-refractivity contribution in [3.63, 3.8) is 0 Å². The lowest BCUT2D eigenvalue weighted by molar-refractivity contribution is -0.129. The Kier molecular flexibility index (Phi) is 9.48. The predicted molar refractivity (Wildman–Crippen MR) is 137 cm³/mol. The van der Waals surface area contributed by atoms with Crippen molar-refractivity contribution in [1.29, 1.82) is 5.26 Å². The van der Waals surface area contributed by atoms with Gasteiger partial charge in [-0.2, -0.15) is 5.26 Å². The minimum absolute atomic E-state index is 0.0951. The average Bonchev–Trinajstić information content (AvgIpc) is 3.40. The number of methoxy groups -OCH3 is 1. The molecule has 2 aromatic carbocycles. The first-order valence-electron chi connectivity index (χ1n) is 10.9. The number of benzene rings is 2. The average molecular weight is 551 g/mol. The summed E-state index contributed by atoms with van der Waals surface area (Å²) in [6, 6.07) is 15.5. The van der Waals surface area contributed by atoms with Crippen LogP contribution in [0.4, 0.5) is 0 Å². The van der Waals surface area contributed by atoms with Crippen molar-refractivity contribution in [1.82, 2.24) is 5.32 Å². The Morgan fingerprint density at radius 2 is 1.89 bits per heavy atom. The number of hydrogen-bond donors (Lipinski definition) is 1. The van der Waals surface area contributed by atoms with E-state index in [9.17, 15) is 14.9 Å². The fourth-order valence-corrected chi connectivity index (χ4v) is 3.61. The summed E-state index contributed by atoms with van der Waals surface area (Å²) >= 11 is 3.40. The molecule has 184 valence electrons. The zero-order valence-corrected chi connectivity index (χ0v) is 21.2. The van der Waals surface area contributed by atoms with Crippen LogP contribution in [-0.4, -0.2) is 25.6 Å². The molecule has 36 heavy (non-hydrogen) atoms. The summed E-state index contributed by atoms with van der Waals surface area (Å²) in [6.45, 7) is 2.27. The number of nitrogens with zero attached hydrogens (tertiary/aromatic N) is 1.